The van der Waals surface area contributed by atoms with E-state index in [1.54, 1.807) is 32.9 Å². The van der Waals surface area contributed by atoms with Crippen LogP contribution in [0.3, 0.4) is 0 Å². The lowest BCUT2D eigenvalue weighted by atomic mass is 10.1. The summed E-state index contributed by atoms with van der Waals surface area (Å²) < 4.78 is 64.4. The molecule has 0 amide bonds. The zero-order valence-corrected chi connectivity index (χ0v) is 31.8. The average Bonchev–Trinajstić information content (AvgIpc) is 3.01. The Labute approximate surface area is 315 Å². The Kier molecular flexibility index (Phi) is 23.7. The van der Waals surface area contributed by atoms with E-state index in [2.05, 4.69) is 4.40 Å². The van der Waals surface area contributed by atoms with E-state index < -0.39 is 64.9 Å². The van der Waals surface area contributed by atoms with Crippen LogP contribution < -0.4 is 5.14 Å². The normalized spacial score (nSPS) is 11.7. The van der Waals surface area contributed by atoms with E-state index in [9.17, 15) is 51.4 Å². The molecule has 0 aliphatic heterocycles. The highest BCUT2D eigenvalue weighted by Crippen LogP contribution is 2.20. The maximum Gasteiger partial charge on any atom is 0.291 e. The molecule has 54 heavy (non-hydrogen) atoms. The quantitative estimate of drug-likeness (QED) is 0.106. The molecule has 0 aliphatic rings. The summed E-state index contributed by atoms with van der Waals surface area (Å²) in [6.45, 7) is 14.7. The van der Waals surface area contributed by atoms with Gasteiger partial charge in [0.2, 0.25) is 0 Å². The summed E-state index contributed by atoms with van der Waals surface area (Å²) in [6.07, 6.45) is 0. The molecule has 0 spiro atoms. The summed E-state index contributed by atoms with van der Waals surface area (Å²) in [5, 5.41) is 39.6. The molecule has 0 unspecified atom stereocenters. The largest absolute Gasteiger partial charge is 0.328 e. The lowest BCUT2D eigenvalue weighted by Gasteiger charge is -2.14. The van der Waals surface area contributed by atoms with E-state index in [1.807, 2.05) is 20.8 Å². The Morgan fingerprint density at radius 3 is 1.31 bits per heavy atom. The minimum Gasteiger partial charge on any atom is -0.328 e. The van der Waals surface area contributed by atoms with Crippen LogP contribution in [0.2, 0.25) is 0 Å². The van der Waals surface area contributed by atoms with E-state index in [0.29, 0.717) is 0 Å². The fraction of sp³-hybridized carbons (Fsp3) is 0.364. The molecule has 0 aromatic heterocycles. The molecule has 21 heteroatoms. The lowest BCUT2D eigenvalue weighted by Crippen LogP contribution is -2.27. The number of nitrogens with zero attached hydrogens (tertiary/aromatic N) is 4. The summed E-state index contributed by atoms with van der Waals surface area (Å²) in [5.41, 5.74) is -0.447. The van der Waals surface area contributed by atoms with Gasteiger partial charge in [0.1, 0.15) is 28.4 Å². The summed E-state index contributed by atoms with van der Waals surface area (Å²) in [6, 6.07) is 12.0. The fourth-order valence-corrected chi connectivity index (χ4v) is 3.48. The number of nitro groups is 2. The van der Waals surface area contributed by atoms with E-state index in [4.69, 9.17) is 20.5 Å². The molecule has 16 nitrogen and oxygen atoms in total. The molecule has 0 radical (unpaired) electrons. The van der Waals surface area contributed by atoms with Gasteiger partial charge in [-0.2, -0.15) is 4.40 Å². The van der Waals surface area contributed by atoms with Gasteiger partial charge in [0.05, 0.1) is 47.2 Å². The van der Waals surface area contributed by atoms with Gasteiger partial charge in [-0.1, -0.05) is 19.6 Å². The second kappa shape index (κ2) is 24.1. The second-order valence-corrected chi connectivity index (χ2v) is 15.8. The minimum absolute atomic E-state index is 0. The number of benzene rings is 3. The van der Waals surface area contributed by atoms with Crippen molar-refractivity contribution in [3.05, 3.63) is 125 Å². The first-order chi connectivity index (χ1) is 24.0. The summed E-state index contributed by atoms with van der Waals surface area (Å²) in [4.78, 5) is 49.4. The van der Waals surface area contributed by atoms with Gasteiger partial charge in [-0.15, -0.1) is 10.1 Å². The van der Waals surface area contributed by atoms with Crippen LogP contribution in [0.15, 0.2) is 65.1 Å². The molecule has 0 saturated heterocycles. The Morgan fingerprint density at radius 1 is 0.685 bits per heavy atom. The van der Waals surface area contributed by atoms with Crippen molar-refractivity contribution in [1.29, 1.82) is 0 Å². The van der Waals surface area contributed by atoms with Gasteiger partial charge >= 0.3 is 0 Å². The van der Waals surface area contributed by atoms with Crippen LogP contribution in [-0.2, 0) is 22.0 Å². The summed E-state index contributed by atoms with van der Waals surface area (Å²) >= 11 is 0. The van der Waals surface area contributed by atoms with Gasteiger partial charge in [0.15, 0.2) is 11.6 Å². The predicted molar refractivity (Wildman–Crippen MR) is 200 cm³/mol. The first-order valence-corrected chi connectivity index (χ1v) is 17.0. The van der Waals surface area contributed by atoms with E-state index in [-0.39, 0.29) is 51.7 Å². The maximum atomic E-state index is 13.6. The van der Waals surface area contributed by atoms with Gasteiger partial charge in [0, 0.05) is 29.8 Å². The average molecular weight is 808 g/mol. The van der Waals surface area contributed by atoms with Crippen LogP contribution in [0.5, 0.6) is 0 Å². The predicted octanol–water partition coefficient (Wildman–Crippen LogP) is 7.67. The van der Waals surface area contributed by atoms with Crippen LogP contribution >= 0.6 is 0 Å². The molecular weight excluding hydrogens is 764 g/mol. The van der Waals surface area contributed by atoms with Crippen LogP contribution in [0.4, 0.5) is 24.5 Å². The van der Waals surface area contributed by atoms with Gasteiger partial charge in [0.25, 0.3) is 16.5 Å². The van der Waals surface area contributed by atoms with Crippen LogP contribution in [0.1, 0.15) is 96.0 Å². The number of carbonyl (C=O) groups is 2. The maximum absolute atomic E-state index is 13.6. The molecule has 3 N–H and O–H groups in total. The molecule has 3 aromatic rings. The van der Waals surface area contributed by atoms with E-state index in [0.717, 1.165) is 43.3 Å². The van der Waals surface area contributed by atoms with Gasteiger partial charge < -0.3 is 5.21 Å². The number of nitrogens with two attached hydrogens (primary N) is 1. The standard InChI is InChI=1S/C12H15FN2O3S.C8H6FNO3.C8H7FO.C4H11NOS.CH4.HNO3/c1-8(14-19(18)12(2,3)4)10-7-9(15(16)17)5-6-11(10)13;1-5(11)7-4-6(10(12)13)2-3-8(7)9;1-6(10)7-4-2-3-5-8(7)9;1-4(2,3)7(5)6;;2-1(3)4/h5-7H,1-4H3;2-4H,1H3;2-5H,1H3;5H2,1-3H3;1H4;(H,2,3,4)/t19-;;;7-;;/m1..1../s1. The minimum atomic E-state index is -1.54. The van der Waals surface area contributed by atoms with Crippen LogP contribution in [-0.4, -0.2) is 55.3 Å². The number of carbonyl (C=O) groups excluding carboxylic acids is 2. The molecule has 0 saturated carbocycles. The third-order valence-corrected chi connectivity index (χ3v) is 8.39. The third-order valence-electron chi connectivity index (χ3n) is 5.69. The van der Waals surface area contributed by atoms with Crippen molar-refractivity contribution in [3.63, 3.8) is 0 Å². The van der Waals surface area contributed by atoms with Gasteiger partial charge in [-0.3, -0.25) is 35.0 Å². The Morgan fingerprint density at radius 2 is 1.02 bits per heavy atom. The number of ketones is 2. The Bertz CT molecular complexity index is 1860. The topological polar surface area (TPSA) is 256 Å². The summed E-state index contributed by atoms with van der Waals surface area (Å²) in [7, 11) is -2.72. The Balaban J connectivity index is -0.000000650. The Hall–Kier alpha value is -5.28. The van der Waals surface area contributed by atoms with E-state index in [1.165, 1.54) is 26.0 Å². The molecule has 0 fully saturated rings. The van der Waals surface area contributed by atoms with Crippen molar-refractivity contribution < 1.29 is 51.3 Å². The zero-order chi connectivity index (χ0) is 42.0. The fourth-order valence-electron chi connectivity index (χ4n) is 2.86. The SMILES string of the molecule is C.CC(=N[S@](=O)C(C)(C)C)c1cc([N+](=O)[O-])ccc1F.CC(=O)c1cc([N+](=O)[O-])ccc1F.CC(=O)c1ccccc1F.CC(C)(C)[S@](N)=O.O=[N+]([O-])O. The van der Waals surface area contributed by atoms with Crippen molar-refractivity contribution in [1.82, 2.24) is 0 Å². The lowest BCUT2D eigenvalue weighted by molar-refractivity contribution is -0.742. The monoisotopic (exact) mass is 807 g/mol. The van der Waals surface area contributed by atoms with Crippen molar-refractivity contribution >= 4 is 50.6 Å². The van der Waals surface area contributed by atoms with Crippen LogP contribution in [0, 0.1) is 47.8 Å². The highest BCUT2D eigenvalue weighted by molar-refractivity contribution is 7.85. The highest BCUT2D eigenvalue weighted by atomic mass is 32.2. The highest BCUT2D eigenvalue weighted by Gasteiger charge is 2.21. The number of hydrogen-bond acceptors (Lipinski definition) is 10. The number of nitro benzene ring substituents is 2. The molecule has 2 atom stereocenters. The number of non-ortho nitro benzene ring substituents is 2. The molecule has 0 bridgehead atoms. The van der Waals surface area contributed by atoms with Crippen molar-refractivity contribution in [2.45, 2.75) is 79.2 Å². The number of halogens is 3. The first kappa shape index (κ1) is 53.1. The van der Waals surface area contributed by atoms with Crippen molar-refractivity contribution in [2.75, 3.05) is 0 Å². The number of hydrogen-bond donors (Lipinski definition) is 2. The summed E-state index contributed by atoms with van der Waals surface area (Å²) in [5.74, 6) is -2.58. The first-order valence-electron chi connectivity index (χ1n) is 14.7. The molecule has 0 aliphatic carbocycles. The molecule has 300 valence electrons. The zero-order valence-electron chi connectivity index (χ0n) is 30.1. The van der Waals surface area contributed by atoms with Crippen molar-refractivity contribution in [3.8, 4) is 0 Å². The molecule has 0 heterocycles. The van der Waals surface area contributed by atoms with Gasteiger partial charge in [-0.25, -0.2) is 21.6 Å². The van der Waals surface area contributed by atoms with Gasteiger partial charge in [-0.05, 0) is 86.6 Å². The molecular formula is C33H44F3N5O11S2. The number of rotatable bonds is 6. The molecule has 3 rings (SSSR count). The molecule has 3 aromatic carbocycles. The smallest absolute Gasteiger partial charge is 0.291 e. The second-order valence-electron chi connectivity index (χ2n) is 12.1. The van der Waals surface area contributed by atoms with Crippen LogP contribution in [0.25, 0.3) is 0 Å². The third kappa shape index (κ3) is 21.3. The van der Waals surface area contributed by atoms with Crippen molar-refractivity contribution in [2.24, 2.45) is 9.54 Å². The van der Waals surface area contributed by atoms with E-state index >= 15 is 0 Å². The number of Topliss-reactive ketones (excluding diaryl/α,β-unsaturated/α-hetero) is 2.